The molecule has 0 bridgehead atoms. The number of hydrogen-bond acceptors (Lipinski definition) is 7. The molecule has 2 amide bonds. The first kappa shape index (κ1) is 25.8. The van der Waals surface area contributed by atoms with Gasteiger partial charge in [0.05, 0.1) is 30.9 Å². The summed E-state index contributed by atoms with van der Waals surface area (Å²) in [4.78, 5) is 52.0. The van der Waals surface area contributed by atoms with Gasteiger partial charge >= 0.3 is 11.9 Å². The van der Waals surface area contributed by atoms with Crippen molar-refractivity contribution in [2.75, 3.05) is 26.3 Å². The van der Waals surface area contributed by atoms with Crippen LogP contribution in [0, 0.1) is 11.8 Å². The molecule has 32 heavy (non-hydrogen) atoms. The molecule has 2 heterocycles. The minimum Gasteiger partial charge on any atom is -0.463 e. The van der Waals surface area contributed by atoms with Crippen LogP contribution in [-0.2, 0) is 28.7 Å². The molecule has 1 fully saturated rings. The van der Waals surface area contributed by atoms with Gasteiger partial charge < -0.3 is 24.8 Å². The van der Waals surface area contributed by atoms with E-state index in [1.807, 2.05) is 0 Å². The maximum atomic E-state index is 13.1. The van der Waals surface area contributed by atoms with E-state index in [1.165, 1.54) is 0 Å². The summed E-state index contributed by atoms with van der Waals surface area (Å²) in [6.45, 7) is 5.92. The largest absolute Gasteiger partial charge is 0.463 e. The highest BCUT2D eigenvalue weighted by Crippen LogP contribution is 2.25. The molecule has 0 radical (unpaired) electrons. The van der Waals surface area contributed by atoms with Crippen LogP contribution in [0.2, 0.25) is 0 Å². The fraction of sp³-hybridized carbons (Fsp3) is 0.739. The number of carbonyl (C=O) groups is 4. The van der Waals surface area contributed by atoms with Crippen molar-refractivity contribution in [2.24, 2.45) is 11.8 Å². The number of carbonyl (C=O) groups excluding carboxylic acids is 4. The van der Waals surface area contributed by atoms with E-state index in [4.69, 9.17) is 14.6 Å². The topological polar surface area (TPSA) is 122 Å². The summed E-state index contributed by atoms with van der Waals surface area (Å²) in [7, 11) is 0. The lowest BCUT2D eigenvalue weighted by Gasteiger charge is -2.29. The highest BCUT2D eigenvalue weighted by Gasteiger charge is 2.35. The lowest BCUT2D eigenvalue weighted by atomic mass is 9.96. The first-order chi connectivity index (χ1) is 15.1. The third kappa shape index (κ3) is 8.26. The summed E-state index contributed by atoms with van der Waals surface area (Å²) >= 11 is 0. The summed E-state index contributed by atoms with van der Waals surface area (Å²) in [6, 6.07) is -0.236. The molecule has 9 nitrogen and oxygen atoms in total. The highest BCUT2D eigenvalue weighted by atomic mass is 16.6. The molecule has 0 saturated carbocycles. The molecule has 0 aromatic heterocycles. The highest BCUT2D eigenvalue weighted by molar-refractivity contribution is 5.86. The Morgan fingerprint density at radius 3 is 2.53 bits per heavy atom. The number of esters is 2. The maximum absolute atomic E-state index is 13.1. The number of allylic oxidation sites excluding steroid dienone is 2. The average Bonchev–Trinajstić information content (AvgIpc) is 3.17. The lowest BCUT2D eigenvalue weighted by Crippen LogP contribution is -2.44. The Morgan fingerprint density at radius 2 is 1.88 bits per heavy atom. The average molecular weight is 453 g/mol. The van der Waals surface area contributed by atoms with Gasteiger partial charge in [-0.15, -0.1) is 0 Å². The minimum absolute atomic E-state index is 0.0213. The molecule has 9 heteroatoms. The van der Waals surface area contributed by atoms with Crippen molar-refractivity contribution in [3.8, 4) is 0 Å². The Labute approximate surface area is 189 Å². The van der Waals surface area contributed by atoms with Crippen LogP contribution in [0.5, 0.6) is 0 Å². The number of amides is 2. The normalized spacial score (nSPS) is 25.8. The van der Waals surface area contributed by atoms with Crippen LogP contribution in [-0.4, -0.2) is 71.7 Å². The molecular formula is C23H36N2O7. The fourth-order valence-corrected chi connectivity index (χ4v) is 3.96. The summed E-state index contributed by atoms with van der Waals surface area (Å²) in [5.41, 5.74) is -0.642. The molecule has 0 aromatic carbocycles. The van der Waals surface area contributed by atoms with Crippen LogP contribution in [0.3, 0.4) is 0 Å². The molecule has 1 saturated heterocycles. The predicted molar refractivity (Wildman–Crippen MR) is 116 cm³/mol. The van der Waals surface area contributed by atoms with E-state index in [9.17, 15) is 19.2 Å². The maximum Gasteiger partial charge on any atom is 0.309 e. The number of rotatable bonds is 6. The zero-order valence-corrected chi connectivity index (χ0v) is 19.3. The van der Waals surface area contributed by atoms with Crippen LogP contribution in [0.4, 0.5) is 0 Å². The van der Waals surface area contributed by atoms with Crippen molar-refractivity contribution in [1.29, 1.82) is 0 Å². The number of aliphatic hydroxyl groups is 1. The van der Waals surface area contributed by atoms with Crippen LogP contribution in [0.1, 0.15) is 59.3 Å². The van der Waals surface area contributed by atoms with Crippen molar-refractivity contribution in [3.63, 3.8) is 0 Å². The first-order valence-corrected chi connectivity index (χ1v) is 11.3. The van der Waals surface area contributed by atoms with Gasteiger partial charge in [-0.1, -0.05) is 12.2 Å². The second kappa shape index (κ2) is 12.0. The summed E-state index contributed by atoms with van der Waals surface area (Å²) in [5, 5.41) is 11.5. The molecule has 2 rings (SSSR count). The molecule has 2 aliphatic heterocycles. The van der Waals surface area contributed by atoms with E-state index in [-0.39, 0.29) is 56.9 Å². The lowest BCUT2D eigenvalue weighted by molar-refractivity contribution is -0.162. The third-order valence-corrected chi connectivity index (χ3v) is 5.47. The van der Waals surface area contributed by atoms with Gasteiger partial charge in [0.25, 0.3) is 0 Å². The van der Waals surface area contributed by atoms with E-state index in [2.05, 4.69) is 5.32 Å². The number of cyclic esters (lactones) is 1. The summed E-state index contributed by atoms with van der Waals surface area (Å²) in [6.07, 6.45) is 5.62. The smallest absolute Gasteiger partial charge is 0.309 e. The zero-order valence-electron chi connectivity index (χ0n) is 19.3. The second-order valence-corrected chi connectivity index (χ2v) is 9.36. The van der Waals surface area contributed by atoms with Gasteiger partial charge in [-0.25, -0.2) is 0 Å². The Hall–Kier alpha value is -2.42. The van der Waals surface area contributed by atoms with Crippen LogP contribution in [0.15, 0.2) is 12.2 Å². The molecule has 2 N–H and O–H groups in total. The van der Waals surface area contributed by atoms with Crippen LogP contribution >= 0.6 is 0 Å². The van der Waals surface area contributed by atoms with Gasteiger partial charge in [-0.05, 0) is 46.5 Å². The Morgan fingerprint density at radius 1 is 1.19 bits per heavy atom. The number of hydrogen-bond donors (Lipinski definition) is 2. The van der Waals surface area contributed by atoms with Gasteiger partial charge in [0, 0.05) is 19.5 Å². The predicted octanol–water partition coefficient (Wildman–Crippen LogP) is 1.33. The summed E-state index contributed by atoms with van der Waals surface area (Å²) < 4.78 is 10.9. The van der Waals surface area contributed by atoms with Crippen molar-refractivity contribution in [1.82, 2.24) is 10.2 Å². The Bertz CT molecular complexity index is 714. The van der Waals surface area contributed by atoms with Gasteiger partial charge in [-0.3, -0.25) is 19.2 Å². The molecule has 0 unspecified atom stereocenters. The van der Waals surface area contributed by atoms with Gasteiger partial charge in [-0.2, -0.15) is 0 Å². The first-order valence-electron chi connectivity index (χ1n) is 11.3. The van der Waals surface area contributed by atoms with Crippen molar-refractivity contribution in [3.05, 3.63) is 12.2 Å². The number of aliphatic hydroxyl groups excluding tert-OH is 1. The number of nitrogens with one attached hydrogen (secondary N) is 1. The van der Waals surface area contributed by atoms with E-state index in [1.54, 1.807) is 37.8 Å². The monoisotopic (exact) mass is 452 g/mol. The number of ether oxygens (including phenoxy) is 2. The van der Waals surface area contributed by atoms with E-state index in [0.717, 1.165) is 12.8 Å². The standard InChI is InChI=1S/C23H36N2O7/c1-23(2,3)32-20(28)14-17-8-5-4-7-16(13-19(27)24-10-12-26)21(29)25-11-6-9-18(25)15-31-22(17)30/h4-5,16-18,26H,6-15H2,1-3H3,(H,24,27)/b5-4+/t16-,17+,18+/m1/s1. The number of nitrogens with zero attached hydrogens (tertiary/aromatic N) is 1. The molecule has 0 aliphatic carbocycles. The molecule has 0 spiro atoms. The minimum atomic E-state index is -0.669. The van der Waals surface area contributed by atoms with Gasteiger partial charge in [0.2, 0.25) is 11.8 Å². The van der Waals surface area contributed by atoms with Crippen molar-refractivity contribution < 1.29 is 33.8 Å². The SMILES string of the molecule is CC(C)(C)OC(=O)C[C@@H]1C/C=C/C[C@H](CC(=O)NCCO)C(=O)N2CCC[C@H]2COC1=O. The molecule has 0 aromatic rings. The van der Waals surface area contributed by atoms with E-state index < -0.39 is 29.4 Å². The molecule has 2 aliphatic rings. The van der Waals surface area contributed by atoms with Crippen molar-refractivity contribution >= 4 is 23.8 Å². The molecule has 3 atom stereocenters. The van der Waals surface area contributed by atoms with Gasteiger partial charge in [0.1, 0.15) is 12.2 Å². The van der Waals surface area contributed by atoms with Crippen molar-refractivity contribution in [2.45, 2.75) is 70.9 Å². The Balaban J connectivity index is 2.14. The quantitative estimate of drug-likeness (QED) is 0.460. The van der Waals surface area contributed by atoms with Gasteiger partial charge in [0.15, 0.2) is 0 Å². The zero-order chi connectivity index (χ0) is 23.7. The fourth-order valence-electron chi connectivity index (χ4n) is 3.96. The molecule has 180 valence electrons. The number of fused-ring (bicyclic) bond motifs is 1. The van der Waals surface area contributed by atoms with E-state index in [0.29, 0.717) is 13.0 Å². The van der Waals surface area contributed by atoms with Crippen LogP contribution < -0.4 is 5.32 Å². The van der Waals surface area contributed by atoms with Crippen LogP contribution in [0.25, 0.3) is 0 Å². The Kier molecular flexibility index (Phi) is 9.68. The molecular weight excluding hydrogens is 416 g/mol. The van der Waals surface area contributed by atoms with E-state index >= 15 is 0 Å². The summed E-state index contributed by atoms with van der Waals surface area (Å²) in [5.74, 6) is -2.56. The third-order valence-electron chi connectivity index (χ3n) is 5.47. The second-order valence-electron chi connectivity index (χ2n) is 9.36.